The molecule has 0 bridgehead atoms. The van der Waals surface area contributed by atoms with Gasteiger partial charge < -0.3 is 19.5 Å². The molecule has 2 rings (SSSR count). The number of methoxy groups -OCH3 is 1. The summed E-state index contributed by atoms with van der Waals surface area (Å²) in [5.41, 5.74) is -0.688. The zero-order valence-corrected chi connectivity index (χ0v) is 16.6. The minimum Gasteiger partial charge on any atom is -0.493 e. The Bertz CT molecular complexity index is 936. The topological polar surface area (TPSA) is 130 Å². The number of carbonyl (C=O) groups is 2. The van der Waals surface area contributed by atoms with Crippen LogP contribution < -0.4 is 14.8 Å². The molecule has 2 aromatic rings. The number of ether oxygens (including phenoxy) is 3. The maximum absolute atomic E-state index is 12.5. The van der Waals surface area contributed by atoms with Gasteiger partial charge in [0.15, 0.2) is 22.8 Å². The summed E-state index contributed by atoms with van der Waals surface area (Å²) in [5.74, 6) is -1.54. The third-order valence-electron chi connectivity index (χ3n) is 3.67. The first-order chi connectivity index (χ1) is 13.8. The Morgan fingerprint density at radius 1 is 1.34 bits per heavy atom. The number of amides is 1. The van der Waals surface area contributed by atoms with Crippen molar-refractivity contribution in [1.29, 1.82) is 0 Å². The van der Waals surface area contributed by atoms with Crippen molar-refractivity contribution < 1.29 is 28.7 Å². The Balaban J connectivity index is 2.23. The highest BCUT2D eigenvalue weighted by Crippen LogP contribution is 2.35. The van der Waals surface area contributed by atoms with Gasteiger partial charge in [0.25, 0.3) is 11.6 Å². The van der Waals surface area contributed by atoms with E-state index < -0.39 is 28.6 Å². The molecular weight excluding hydrogens is 406 g/mol. The van der Waals surface area contributed by atoms with Crippen molar-refractivity contribution in [3.63, 3.8) is 0 Å². The number of benzene rings is 1. The van der Waals surface area contributed by atoms with Crippen molar-refractivity contribution in [2.75, 3.05) is 19.0 Å². The lowest BCUT2D eigenvalue weighted by Gasteiger charge is -2.15. The van der Waals surface area contributed by atoms with Crippen LogP contribution in [0.1, 0.15) is 24.2 Å². The minimum absolute atomic E-state index is 0.0614. The molecule has 1 atom stereocenters. The van der Waals surface area contributed by atoms with Crippen LogP contribution in [0.3, 0.4) is 0 Å². The first-order valence-electron chi connectivity index (χ1n) is 8.40. The molecule has 1 amide bonds. The molecule has 29 heavy (non-hydrogen) atoms. The van der Waals surface area contributed by atoms with Gasteiger partial charge in [-0.05, 0) is 26.0 Å². The molecule has 11 heteroatoms. The normalized spacial score (nSPS) is 11.3. The van der Waals surface area contributed by atoms with Gasteiger partial charge >= 0.3 is 5.97 Å². The Morgan fingerprint density at radius 2 is 2.07 bits per heavy atom. The average molecular weight is 424 g/mol. The van der Waals surface area contributed by atoms with E-state index in [1.54, 1.807) is 13.0 Å². The number of pyridine rings is 1. The largest absolute Gasteiger partial charge is 0.493 e. The minimum atomic E-state index is -1.27. The van der Waals surface area contributed by atoms with Crippen LogP contribution >= 0.6 is 11.6 Å². The molecule has 0 saturated heterocycles. The number of carbonyl (C=O) groups excluding carboxylic acids is 2. The van der Waals surface area contributed by atoms with Crippen LogP contribution in [0.15, 0.2) is 30.5 Å². The second-order valence-corrected chi connectivity index (χ2v) is 5.95. The van der Waals surface area contributed by atoms with E-state index in [0.29, 0.717) is 0 Å². The van der Waals surface area contributed by atoms with Crippen LogP contribution in [0.4, 0.5) is 11.4 Å². The predicted molar refractivity (Wildman–Crippen MR) is 104 cm³/mol. The first kappa shape index (κ1) is 21.9. The van der Waals surface area contributed by atoms with Gasteiger partial charge in [-0.2, -0.15) is 0 Å². The Morgan fingerprint density at radius 3 is 2.66 bits per heavy atom. The van der Waals surface area contributed by atoms with Gasteiger partial charge in [0, 0.05) is 12.3 Å². The quantitative estimate of drug-likeness (QED) is 0.296. The van der Waals surface area contributed by atoms with E-state index in [2.05, 4.69) is 10.3 Å². The van der Waals surface area contributed by atoms with E-state index in [0.717, 1.165) is 12.1 Å². The molecule has 1 aromatic heterocycles. The van der Waals surface area contributed by atoms with Gasteiger partial charge in [0.05, 0.1) is 30.4 Å². The molecule has 0 aliphatic carbocycles. The number of hydrogen-bond donors (Lipinski definition) is 1. The lowest BCUT2D eigenvalue weighted by Crippen LogP contribution is -2.30. The van der Waals surface area contributed by atoms with Crippen molar-refractivity contribution in [2.45, 2.75) is 20.0 Å². The van der Waals surface area contributed by atoms with Crippen molar-refractivity contribution in [2.24, 2.45) is 0 Å². The van der Waals surface area contributed by atoms with Crippen molar-refractivity contribution in [1.82, 2.24) is 4.98 Å². The molecule has 0 aliphatic heterocycles. The van der Waals surface area contributed by atoms with Crippen LogP contribution in [0.25, 0.3) is 0 Å². The Labute approximate surface area is 170 Å². The maximum Gasteiger partial charge on any atom is 0.346 e. The number of nitro benzene ring substituents is 1. The van der Waals surface area contributed by atoms with Gasteiger partial charge in [-0.3, -0.25) is 14.9 Å². The smallest absolute Gasteiger partial charge is 0.346 e. The van der Waals surface area contributed by atoms with Crippen LogP contribution in [0.5, 0.6) is 11.5 Å². The number of nitro groups is 1. The number of hydrogen-bond acceptors (Lipinski definition) is 8. The summed E-state index contributed by atoms with van der Waals surface area (Å²) in [6.07, 6.45) is 0.177. The van der Waals surface area contributed by atoms with E-state index in [9.17, 15) is 19.7 Å². The monoisotopic (exact) mass is 423 g/mol. The fourth-order valence-electron chi connectivity index (χ4n) is 2.28. The highest BCUT2D eigenvalue weighted by molar-refractivity contribution is 6.32. The molecule has 1 N–H and O–H groups in total. The lowest BCUT2D eigenvalue weighted by atomic mass is 10.1. The zero-order chi connectivity index (χ0) is 21.6. The highest BCUT2D eigenvalue weighted by Gasteiger charge is 2.28. The summed E-state index contributed by atoms with van der Waals surface area (Å²) in [6.45, 7) is 3.25. The standard InChI is InChI=1S/C18H18ClN3O7/c1-4-28-15-9-13(22(25)26)11(8-14(15)27-3)18(24)29-10(2)17(23)21-12-6-5-7-20-16(12)19/h5-10H,4H2,1-3H3,(H,21,23). The maximum atomic E-state index is 12.5. The number of aromatic nitrogens is 1. The number of rotatable bonds is 8. The lowest BCUT2D eigenvalue weighted by molar-refractivity contribution is -0.385. The van der Waals surface area contributed by atoms with Crippen LogP contribution in [0, 0.1) is 10.1 Å². The van der Waals surface area contributed by atoms with E-state index in [-0.39, 0.29) is 34.5 Å². The number of nitrogens with zero attached hydrogens (tertiary/aromatic N) is 2. The van der Waals surface area contributed by atoms with Gasteiger partial charge in [-0.15, -0.1) is 0 Å². The second kappa shape index (κ2) is 9.69. The van der Waals surface area contributed by atoms with Gasteiger partial charge in [-0.25, -0.2) is 9.78 Å². The fraction of sp³-hybridized carbons (Fsp3) is 0.278. The molecule has 0 aliphatic rings. The molecular formula is C18H18ClN3O7. The number of anilines is 1. The van der Waals surface area contributed by atoms with E-state index >= 15 is 0 Å². The van der Waals surface area contributed by atoms with Crippen molar-refractivity contribution >= 4 is 34.9 Å². The van der Waals surface area contributed by atoms with Crippen molar-refractivity contribution in [3.05, 3.63) is 51.3 Å². The number of nitrogens with one attached hydrogen (secondary N) is 1. The number of esters is 1. The third kappa shape index (κ3) is 5.32. The average Bonchev–Trinajstić information content (AvgIpc) is 2.69. The molecule has 0 fully saturated rings. The summed E-state index contributed by atoms with van der Waals surface area (Å²) in [4.78, 5) is 39.2. The fourth-order valence-corrected chi connectivity index (χ4v) is 2.45. The number of halogens is 1. The third-order valence-corrected chi connectivity index (χ3v) is 3.97. The zero-order valence-electron chi connectivity index (χ0n) is 15.8. The van der Waals surface area contributed by atoms with Gasteiger partial charge in [0.2, 0.25) is 0 Å². The summed E-state index contributed by atoms with van der Waals surface area (Å²) in [5, 5.41) is 13.9. The van der Waals surface area contributed by atoms with Gasteiger partial charge in [0.1, 0.15) is 5.56 Å². The summed E-state index contributed by atoms with van der Waals surface area (Å²) < 4.78 is 15.5. The molecule has 1 aromatic carbocycles. The molecule has 10 nitrogen and oxygen atoms in total. The first-order valence-corrected chi connectivity index (χ1v) is 8.77. The van der Waals surface area contributed by atoms with Crippen LogP contribution in [0.2, 0.25) is 5.15 Å². The molecule has 1 heterocycles. The Hall–Kier alpha value is -3.40. The summed E-state index contributed by atoms with van der Waals surface area (Å²) in [7, 11) is 1.33. The second-order valence-electron chi connectivity index (χ2n) is 5.59. The SMILES string of the molecule is CCOc1cc([N+](=O)[O-])c(C(=O)OC(C)C(=O)Nc2cccnc2Cl)cc1OC. The van der Waals surface area contributed by atoms with Gasteiger partial charge in [-0.1, -0.05) is 11.6 Å². The summed E-state index contributed by atoms with van der Waals surface area (Å²) >= 11 is 5.87. The summed E-state index contributed by atoms with van der Waals surface area (Å²) in [6, 6.07) is 5.28. The van der Waals surface area contributed by atoms with Crippen LogP contribution in [-0.2, 0) is 9.53 Å². The van der Waals surface area contributed by atoms with E-state index in [4.69, 9.17) is 25.8 Å². The Kier molecular flexibility index (Phi) is 7.32. The van der Waals surface area contributed by atoms with Crippen LogP contribution in [-0.4, -0.2) is 41.6 Å². The van der Waals surface area contributed by atoms with E-state index in [1.807, 2.05) is 0 Å². The van der Waals surface area contributed by atoms with Crippen molar-refractivity contribution in [3.8, 4) is 11.5 Å². The molecule has 0 saturated carbocycles. The molecule has 0 spiro atoms. The molecule has 154 valence electrons. The predicted octanol–water partition coefficient (Wildman–Crippen LogP) is 3.23. The molecule has 0 radical (unpaired) electrons. The van der Waals surface area contributed by atoms with E-state index in [1.165, 1.54) is 26.3 Å². The molecule has 1 unspecified atom stereocenters. The highest BCUT2D eigenvalue weighted by atomic mass is 35.5.